The van der Waals surface area contributed by atoms with Crippen LogP contribution in [0.1, 0.15) is 12.0 Å². The lowest BCUT2D eigenvalue weighted by molar-refractivity contribution is -0.302. The Hall–Kier alpha value is -2.86. The summed E-state index contributed by atoms with van der Waals surface area (Å²) in [7, 11) is 0. The minimum Gasteiger partial charge on any atom is -0.508 e. The Kier molecular flexibility index (Phi) is 8.14. The number of phenolic OH excluding ortho intramolecular Hbond substituents is 1. The minimum absolute atomic E-state index is 0.0419. The van der Waals surface area contributed by atoms with Gasteiger partial charge in [-0.15, -0.1) is 0 Å². The molecule has 0 aromatic heterocycles. The maximum Gasteiger partial charge on any atom is 0.330 e. The van der Waals surface area contributed by atoms with E-state index in [0.29, 0.717) is 5.56 Å². The Morgan fingerprint density at radius 1 is 1.06 bits per heavy atom. The Bertz CT molecular complexity index is 904. The number of rotatable bonds is 8. The van der Waals surface area contributed by atoms with E-state index in [1.54, 1.807) is 12.1 Å². The quantitative estimate of drug-likeness (QED) is 0.253. The van der Waals surface area contributed by atoms with Gasteiger partial charge in [0.2, 0.25) is 0 Å². The molecule has 33 heavy (non-hydrogen) atoms. The van der Waals surface area contributed by atoms with Crippen molar-refractivity contribution in [1.82, 2.24) is 0 Å². The second kappa shape index (κ2) is 10.8. The zero-order valence-corrected chi connectivity index (χ0v) is 17.6. The molecule has 178 valence electrons. The van der Waals surface area contributed by atoms with E-state index in [-0.39, 0.29) is 24.6 Å². The van der Waals surface area contributed by atoms with Gasteiger partial charge in [-0.3, -0.25) is 4.79 Å². The van der Waals surface area contributed by atoms with Gasteiger partial charge < -0.3 is 39.7 Å². The molecule has 0 spiro atoms. The van der Waals surface area contributed by atoms with Crippen LogP contribution >= 0.6 is 0 Å². The monoisotopic (exact) mass is 462 g/mol. The van der Waals surface area contributed by atoms with Crippen LogP contribution < -0.4 is 0 Å². The molecule has 5 N–H and O–H groups in total. The van der Waals surface area contributed by atoms with E-state index in [0.717, 1.165) is 6.08 Å². The Morgan fingerprint density at radius 3 is 2.39 bits per heavy atom. The standard InChI is InChI=1S/C23H26O10/c24-15-4-1-14(2-5-15)3-6-18(26)32-13-17-19(27)20(28)21(29)22(33-17)31-12-11-23(30)9-7-16(25)8-10-23/h1-10,17,19-22,24,27-30H,11-13H2/t17-,19-,20+,21-,22-/m1/s1. The van der Waals surface area contributed by atoms with E-state index in [2.05, 4.69) is 0 Å². The normalized spacial score (nSPS) is 28.8. The first-order valence-electron chi connectivity index (χ1n) is 10.3. The lowest BCUT2D eigenvalue weighted by atomic mass is 9.94. The summed E-state index contributed by atoms with van der Waals surface area (Å²) >= 11 is 0. The van der Waals surface area contributed by atoms with E-state index < -0.39 is 48.9 Å². The van der Waals surface area contributed by atoms with Crippen molar-refractivity contribution in [3.8, 4) is 5.75 Å². The number of allylic oxidation sites excluding steroid dienone is 2. The molecule has 1 heterocycles. The molecular weight excluding hydrogens is 436 g/mol. The Morgan fingerprint density at radius 2 is 1.73 bits per heavy atom. The fourth-order valence-electron chi connectivity index (χ4n) is 3.22. The van der Waals surface area contributed by atoms with Crippen molar-refractivity contribution in [3.63, 3.8) is 0 Å². The molecule has 1 aromatic carbocycles. The number of carbonyl (C=O) groups excluding carboxylic acids is 2. The number of aliphatic hydroxyl groups is 4. The largest absolute Gasteiger partial charge is 0.508 e. The van der Waals surface area contributed by atoms with Crippen LogP contribution in [-0.4, -0.2) is 86.8 Å². The molecule has 0 bridgehead atoms. The van der Waals surface area contributed by atoms with Crippen LogP contribution in [0.3, 0.4) is 0 Å². The number of aromatic hydroxyl groups is 1. The van der Waals surface area contributed by atoms with Gasteiger partial charge in [-0.1, -0.05) is 12.1 Å². The summed E-state index contributed by atoms with van der Waals surface area (Å²) in [6.45, 7) is -0.521. The Labute approximate surface area is 189 Å². The van der Waals surface area contributed by atoms with Gasteiger partial charge in [0.1, 0.15) is 42.4 Å². The molecule has 1 aromatic rings. The first kappa shape index (κ1) is 24.8. The van der Waals surface area contributed by atoms with Gasteiger partial charge in [0.05, 0.1) is 6.61 Å². The van der Waals surface area contributed by atoms with Crippen molar-refractivity contribution in [3.05, 3.63) is 60.2 Å². The molecule has 1 aliphatic heterocycles. The maximum atomic E-state index is 12.0. The van der Waals surface area contributed by atoms with Crippen molar-refractivity contribution >= 4 is 17.8 Å². The van der Waals surface area contributed by atoms with Crippen molar-refractivity contribution in [1.29, 1.82) is 0 Å². The first-order chi connectivity index (χ1) is 15.7. The number of hydrogen-bond donors (Lipinski definition) is 5. The lowest BCUT2D eigenvalue weighted by Gasteiger charge is -2.40. The number of aliphatic hydroxyl groups excluding tert-OH is 3. The molecule has 0 unspecified atom stereocenters. The average molecular weight is 462 g/mol. The SMILES string of the molecule is O=C1C=CC(O)(CCO[C@@H]2O[C@H](COC(=O)C=Cc3ccc(O)cc3)[C@@H](O)[C@H](O)[C@H]2O)C=C1. The third-order valence-electron chi connectivity index (χ3n) is 5.22. The summed E-state index contributed by atoms with van der Waals surface area (Å²) in [5.74, 6) is -0.893. The summed E-state index contributed by atoms with van der Waals surface area (Å²) in [6, 6.07) is 6.12. The summed E-state index contributed by atoms with van der Waals surface area (Å²) in [5.41, 5.74) is -0.746. The molecule has 0 saturated carbocycles. The molecular formula is C23H26O10. The summed E-state index contributed by atoms with van der Waals surface area (Å²) < 4.78 is 16.0. The first-order valence-corrected chi connectivity index (χ1v) is 10.3. The van der Waals surface area contributed by atoms with Gasteiger partial charge in [0, 0.05) is 12.5 Å². The fraction of sp³-hybridized carbons (Fsp3) is 0.391. The number of hydrogen-bond acceptors (Lipinski definition) is 10. The van der Waals surface area contributed by atoms with Gasteiger partial charge in [-0.25, -0.2) is 4.79 Å². The zero-order chi connectivity index (χ0) is 24.0. The third-order valence-corrected chi connectivity index (χ3v) is 5.22. The van der Waals surface area contributed by atoms with Crippen LogP contribution in [0.4, 0.5) is 0 Å². The third kappa shape index (κ3) is 6.81. The highest BCUT2D eigenvalue weighted by Crippen LogP contribution is 2.24. The van der Waals surface area contributed by atoms with Crippen molar-refractivity contribution in [2.45, 2.75) is 42.7 Å². The van der Waals surface area contributed by atoms with E-state index in [1.165, 1.54) is 42.5 Å². The molecule has 1 aliphatic carbocycles. The number of carbonyl (C=O) groups is 2. The summed E-state index contributed by atoms with van der Waals surface area (Å²) in [4.78, 5) is 23.1. The number of ketones is 1. The molecule has 3 rings (SSSR count). The molecule has 0 amide bonds. The van der Waals surface area contributed by atoms with Gasteiger partial charge in [0.25, 0.3) is 0 Å². The van der Waals surface area contributed by atoms with Crippen LogP contribution in [0.5, 0.6) is 5.75 Å². The number of phenols is 1. The number of ether oxygens (including phenoxy) is 3. The van der Waals surface area contributed by atoms with E-state index in [9.17, 15) is 35.1 Å². The second-order valence-corrected chi connectivity index (χ2v) is 7.75. The number of esters is 1. The molecule has 10 heteroatoms. The van der Waals surface area contributed by atoms with Crippen LogP contribution in [0.2, 0.25) is 0 Å². The van der Waals surface area contributed by atoms with Crippen LogP contribution in [0.15, 0.2) is 54.6 Å². The van der Waals surface area contributed by atoms with Crippen molar-refractivity contribution < 1.29 is 49.3 Å². The van der Waals surface area contributed by atoms with Crippen LogP contribution in [-0.2, 0) is 23.8 Å². The second-order valence-electron chi connectivity index (χ2n) is 7.75. The predicted molar refractivity (Wildman–Crippen MR) is 114 cm³/mol. The van der Waals surface area contributed by atoms with Gasteiger partial charge in [0.15, 0.2) is 12.1 Å². The van der Waals surface area contributed by atoms with Crippen molar-refractivity contribution in [2.24, 2.45) is 0 Å². The highest BCUT2D eigenvalue weighted by atomic mass is 16.7. The van der Waals surface area contributed by atoms with E-state index in [1.807, 2.05) is 0 Å². The Balaban J connectivity index is 1.50. The van der Waals surface area contributed by atoms with Gasteiger partial charge in [-0.2, -0.15) is 0 Å². The highest BCUT2D eigenvalue weighted by Gasteiger charge is 2.44. The fourth-order valence-corrected chi connectivity index (χ4v) is 3.22. The molecule has 1 fully saturated rings. The van der Waals surface area contributed by atoms with Crippen LogP contribution in [0, 0.1) is 0 Å². The smallest absolute Gasteiger partial charge is 0.330 e. The molecule has 10 nitrogen and oxygen atoms in total. The van der Waals surface area contributed by atoms with E-state index >= 15 is 0 Å². The molecule has 2 aliphatic rings. The average Bonchev–Trinajstić information content (AvgIpc) is 2.80. The highest BCUT2D eigenvalue weighted by molar-refractivity contribution is 6.00. The summed E-state index contributed by atoms with van der Waals surface area (Å²) in [5, 5.41) is 50.0. The van der Waals surface area contributed by atoms with E-state index in [4.69, 9.17) is 14.2 Å². The molecule has 1 saturated heterocycles. The minimum atomic E-state index is -1.62. The van der Waals surface area contributed by atoms with Crippen molar-refractivity contribution in [2.75, 3.05) is 13.2 Å². The maximum absolute atomic E-state index is 12.0. The molecule has 5 atom stereocenters. The van der Waals surface area contributed by atoms with Gasteiger partial charge in [-0.05, 0) is 48.1 Å². The van der Waals surface area contributed by atoms with Crippen LogP contribution in [0.25, 0.3) is 6.08 Å². The zero-order valence-electron chi connectivity index (χ0n) is 17.6. The summed E-state index contributed by atoms with van der Waals surface area (Å²) in [6.07, 6.45) is 0.523. The predicted octanol–water partition coefficient (Wildman–Crippen LogP) is -0.411. The number of benzene rings is 1. The molecule has 0 radical (unpaired) electrons. The lowest BCUT2D eigenvalue weighted by Crippen LogP contribution is -2.59. The topological polar surface area (TPSA) is 163 Å². The van der Waals surface area contributed by atoms with Gasteiger partial charge >= 0.3 is 5.97 Å².